The van der Waals surface area contributed by atoms with E-state index in [0.717, 1.165) is 24.9 Å². The highest BCUT2D eigenvalue weighted by Gasteiger charge is 2.35. The second-order valence-electron chi connectivity index (χ2n) is 7.50. The maximum absolute atomic E-state index is 13.0. The van der Waals surface area contributed by atoms with Crippen molar-refractivity contribution in [2.45, 2.75) is 50.7 Å². The number of amidine groups is 1. The summed E-state index contributed by atoms with van der Waals surface area (Å²) in [5.41, 5.74) is 1.43. The van der Waals surface area contributed by atoms with E-state index in [0.29, 0.717) is 22.4 Å². The van der Waals surface area contributed by atoms with Crippen molar-refractivity contribution >= 4 is 51.7 Å². The summed E-state index contributed by atoms with van der Waals surface area (Å²) in [5.74, 6) is -0.244. The number of nitrogens with one attached hydrogen (secondary N) is 1. The summed E-state index contributed by atoms with van der Waals surface area (Å²) in [6.45, 7) is 2.80. The van der Waals surface area contributed by atoms with E-state index in [9.17, 15) is 9.59 Å². The largest absolute Gasteiger partial charge is 0.325 e. The van der Waals surface area contributed by atoms with Crippen molar-refractivity contribution in [3.63, 3.8) is 0 Å². The third-order valence-corrected chi connectivity index (χ3v) is 6.45. The predicted molar refractivity (Wildman–Crippen MR) is 130 cm³/mol. The highest BCUT2D eigenvalue weighted by atomic mass is 35.5. The summed E-state index contributed by atoms with van der Waals surface area (Å²) in [4.78, 5) is 32.2. The molecule has 3 rings (SSSR count). The lowest BCUT2D eigenvalue weighted by molar-refractivity contribution is -0.129. The summed E-state index contributed by atoms with van der Waals surface area (Å²) in [7, 11) is 0. The molecule has 31 heavy (non-hydrogen) atoms. The quantitative estimate of drug-likeness (QED) is 0.451. The minimum Gasteiger partial charge on any atom is -0.325 e. The van der Waals surface area contributed by atoms with Crippen molar-refractivity contribution in [2.24, 2.45) is 4.99 Å². The fourth-order valence-electron chi connectivity index (χ4n) is 3.31. The zero-order chi connectivity index (χ0) is 22.1. The average Bonchev–Trinajstić information content (AvgIpc) is 2.77. The molecule has 1 atom stereocenters. The zero-order valence-corrected chi connectivity index (χ0v) is 19.3. The summed E-state index contributed by atoms with van der Waals surface area (Å²) in [6.07, 6.45) is 5.72. The number of aliphatic imine (C=N–C) groups is 1. The van der Waals surface area contributed by atoms with E-state index in [-0.39, 0.29) is 18.2 Å². The highest BCUT2D eigenvalue weighted by Crippen LogP contribution is 2.30. The van der Waals surface area contributed by atoms with Crippen molar-refractivity contribution in [1.82, 2.24) is 4.90 Å². The minimum atomic E-state index is -0.518. The predicted octanol–water partition coefficient (Wildman–Crippen LogP) is 6.27. The molecule has 2 aromatic carbocycles. The second kappa shape index (κ2) is 11.9. The first kappa shape index (κ1) is 23.4. The first-order valence-corrected chi connectivity index (χ1v) is 12.0. The minimum absolute atomic E-state index is 0.0600. The number of rotatable bonds is 9. The van der Waals surface area contributed by atoms with Crippen molar-refractivity contribution in [3.8, 4) is 0 Å². The summed E-state index contributed by atoms with van der Waals surface area (Å²) < 4.78 is 0. The van der Waals surface area contributed by atoms with Gasteiger partial charge in [0.05, 0.1) is 5.69 Å². The maximum Gasteiger partial charge on any atom is 0.238 e. The van der Waals surface area contributed by atoms with Gasteiger partial charge in [0.15, 0.2) is 5.17 Å². The van der Waals surface area contributed by atoms with Gasteiger partial charge in [-0.25, -0.2) is 4.99 Å². The summed E-state index contributed by atoms with van der Waals surface area (Å²) in [6, 6.07) is 16.4. The van der Waals surface area contributed by atoms with E-state index in [4.69, 9.17) is 16.6 Å². The molecule has 1 aliphatic heterocycles. The fraction of sp³-hybridized carbons (Fsp3) is 0.375. The number of carbonyl (C=O) groups is 2. The molecule has 164 valence electrons. The first-order valence-electron chi connectivity index (χ1n) is 10.7. The van der Waals surface area contributed by atoms with Gasteiger partial charge >= 0.3 is 0 Å². The molecule has 7 heteroatoms. The number of thioether (sulfide) groups is 1. The zero-order valence-electron chi connectivity index (χ0n) is 17.7. The van der Waals surface area contributed by atoms with Crippen LogP contribution < -0.4 is 5.32 Å². The van der Waals surface area contributed by atoms with Gasteiger partial charge in [0.1, 0.15) is 5.25 Å². The van der Waals surface area contributed by atoms with E-state index < -0.39 is 5.25 Å². The number of carbonyl (C=O) groups excluding carboxylic acids is 2. The van der Waals surface area contributed by atoms with Gasteiger partial charge in [-0.1, -0.05) is 74.2 Å². The Bertz CT molecular complexity index is 903. The van der Waals surface area contributed by atoms with Crippen LogP contribution >= 0.6 is 23.4 Å². The Morgan fingerprint density at radius 2 is 1.81 bits per heavy atom. The van der Waals surface area contributed by atoms with Crippen LogP contribution in [0.3, 0.4) is 0 Å². The molecule has 0 aliphatic carbocycles. The molecule has 1 fully saturated rings. The lowest BCUT2D eigenvalue weighted by Gasteiger charge is -2.31. The fourth-order valence-corrected chi connectivity index (χ4v) is 4.56. The normalized spacial score (nSPS) is 17.7. The van der Waals surface area contributed by atoms with Crippen molar-refractivity contribution in [2.75, 3.05) is 11.9 Å². The number of nitrogens with zero attached hydrogens (tertiary/aromatic N) is 2. The van der Waals surface area contributed by atoms with Crippen molar-refractivity contribution < 1.29 is 9.59 Å². The number of benzene rings is 2. The molecule has 1 heterocycles. The van der Waals surface area contributed by atoms with Crippen LogP contribution in [-0.2, 0) is 9.59 Å². The van der Waals surface area contributed by atoms with Gasteiger partial charge in [0.25, 0.3) is 0 Å². The molecule has 0 radical (unpaired) electrons. The lowest BCUT2D eigenvalue weighted by Crippen LogP contribution is -2.45. The van der Waals surface area contributed by atoms with E-state index in [1.807, 2.05) is 42.5 Å². The summed E-state index contributed by atoms with van der Waals surface area (Å²) >= 11 is 7.34. The van der Waals surface area contributed by atoms with Crippen molar-refractivity contribution in [3.05, 3.63) is 59.6 Å². The van der Waals surface area contributed by atoms with Crippen LogP contribution in [0.2, 0.25) is 5.02 Å². The SMILES string of the molecule is CCCCCCCN1C(=O)CC(C(=O)Nc2ccccc2)SC1=Nc1ccc(Cl)cc1. The molecule has 1 unspecified atom stereocenters. The van der Waals surface area contributed by atoms with Gasteiger partial charge in [-0.2, -0.15) is 0 Å². The second-order valence-corrected chi connectivity index (χ2v) is 9.10. The molecule has 1 N–H and O–H groups in total. The Hall–Kier alpha value is -2.31. The standard InChI is InChI=1S/C24H28ClN3O2S/c1-2-3-4-5-9-16-28-22(29)17-21(23(30)26-19-10-7-6-8-11-19)31-24(28)27-20-14-12-18(25)13-15-20/h6-8,10-15,21H,2-5,9,16-17H2,1H3,(H,26,30). The van der Waals surface area contributed by atoms with Crippen LogP contribution in [0.5, 0.6) is 0 Å². The number of unbranched alkanes of at least 4 members (excludes halogenated alkanes) is 4. The number of anilines is 1. The van der Waals surface area contributed by atoms with E-state index >= 15 is 0 Å². The third-order valence-electron chi connectivity index (χ3n) is 5.01. The Morgan fingerprint density at radius 1 is 1.10 bits per heavy atom. The highest BCUT2D eigenvalue weighted by molar-refractivity contribution is 8.15. The molecule has 1 aliphatic rings. The smallest absolute Gasteiger partial charge is 0.238 e. The Labute approximate surface area is 193 Å². The van der Waals surface area contributed by atoms with E-state index in [2.05, 4.69) is 12.2 Å². The van der Waals surface area contributed by atoms with Crippen LogP contribution in [0.15, 0.2) is 59.6 Å². The molecular weight excluding hydrogens is 430 g/mol. The van der Waals surface area contributed by atoms with Gasteiger partial charge in [-0.15, -0.1) is 0 Å². The van der Waals surface area contributed by atoms with Crippen LogP contribution in [-0.4, -0.2) is 33.7 Å². The molecular formula is C24H28ClN3O2S. The van der Waals surface area contributed by atoms with E-state index in [1.165, 1.54) is 24.6 Å². The van der Waals surface area contributed by atoms with E-state index in [1.54, 1.807) is 17.0 Å². The number of hydrogen-bond acceptors (Lipinski definition) is 4. The van der Waals surface area contributed by atoms with Crippen LogP contribution in [0, 0.1) is 0 Å². The molecule has 0 saturated carbocycles. The lowest BCUT2D eigenvalue weighted by atomic mass is 10.1. The van der Waals surface area contributed by atoms with Gasteiger partial charge in [0.2, 0.25) is 11.8 Å². The molecule has 2 amide bonds. The maximum atomic E-state index is 13.0. The molecule has 1 saturated heterocycles. The first-order chi connectivity index (χ1) is 15.1. The summed E-state index contributed by atoms with van der Waals surface area (Å²) in [5, 5.41) is 3.58. The Morgan fingerprint density at radius 3 is 2.52 bits per heavy atom. The topological polar surface area (TPSA) is 61.8 Å². The monoisotopic (exact) mass is 457 g/mol. The number of halogens is 1. The third kappa shape index (κ3) is 7.11. The van der Waals surface area contributed by atoms with Crippen LogP contribution in [0.25, 0.3) is 0 Å². The number of hydrogen-bond donors (Lipinski definition) is 1. The van der Waals surface area contributed by atoms with Gasteiger partial charge in [-0.05, 0) is 42.8 Å². The Balaban J connectivity index is 1.74. The van der Waals surface area contributed by atoms with Crippen LogP contribution in [0.1, 0.15) is 45.4 Å². The average molecular weight is 458 g/mol. The van der Waals surface area contributed by atoms with Gasteiger partial charge < -0.3 is 5.32 Å². The molecule has 0 spiro atoms. The Kier molecular flexibility index (Phi) is 8.98. The molecule has 2 aromatic rings. The molecule has 5 nitrogen and oxygen atoms in total. The van der Waals surface area contributed by atoms with Crippen molar-refractivity contribution in [1.29, 1.82) is 0 Å². The number of amides is 2. The molecule has 0 aromatic heterocycles. The number of para-hydroxylation sites is 1. The molecule has 0 bridgehead atoms. The van der Waals surface area contributed by atoms with Gasteiger partial charge in [-0.3, -0.25) is 14.5 Å². The van der Waals surface area contributed by atoms with Crippen LogP contribution in [0.4, 0.5) is 11.4 Å². The van der Waals surface area contributed by atoms with Gasteiger partial charge in [0, 0.05) is 23.7 Å².